The number of hydrogen-bond donors (Lipinski definition) is 1. The Morgan fingerprint density at radius 1 is 1.20 bits per heavy atom. The van der Waals surface area contributed by atoms with Crippen molar-refractivity contribution in [2.45, 2.75) is 40.2 Å². The van der Waals surface area contributed by atoms with E-state index in [4.69, 9.17) is 4.52 Å². The zero-order valence-corrected chi connectivity index (χ0v) is 17.0. The van der Waals surface area contributed by atoms with Gasteiger partial charge in [0.15, 0.2) is 11.5 Å². The monoisotopic (exact) mass is 403 g/mol. The minimum atomic E-state index is -0.219. The summed E-state index contributed by atoms with van der Waals surface area (Å²) in [6.07, 6.45) is 3.41. The molecule has 152 valence electrons. The van der Waals surface area contributed by atoms with Crippen LogP contribution in [0.2, 0.25) is 0 Å². The first-order chi connectivity index (χ1) is 14.6. The third-order valence-corrected chi connectivity index (χ3v) is 5.17. The van der Waals surface area contributed by atoms with Crippen LogP contribution < -0.4 is 5.56 Å². The lowest BCUT2D eigenvalue weighted by atomic mass is 10.1. The van der Waals surface area contributed by atoms with Crippen molar-refractivity contribution in [2.75, 3.05) is 0 Å². The molecule has 0 atom stereocenters. The van der Waals surface area contributed by atoms with Crippen molar-refractivity contribution in [1.29, 1.82) is 0 Å². The Balaban J connectivity index is 1.74. The number of aryl methyl sites for hydroxylation is 3. The summed E-state index contributed by atoms with van der Waals surface area (Å²) in [4.78, 5) is 20.6. The minimum Gasteiger partial charge on any atom is -0.339 e. The van der Waals surface area contributed by atoms with E-state index in [0.717, 1.165) is 35.1 Å². The Kier molecular flexibility index (Phi) is 4.23. The average Bonchev–Trinajstić information content (AvgIpc) is 3.44. The van der Waals surface area contributed by atoms with E-state index in [1.54, 1.807) is 13.0 Å². The Labute approximate surface area is 171 Å². The Bertz CT molecular complexity index is 1440. The van der Waals surface area contributed by atoms with Gasteiger partial charge >= 0.3 is 0 Å². The van der Waals surface area contributed by atoms with Gasteiger partial charge in [-0.3, -0.25) is 9.48 Å². The van der Waals surface area contributed by atoms with Crippen molar-refractivity contribution in [3.63, 3.8) is 0 Å². The van der Waals surface area contributed by atoms with Gasteiger partial charge in [-0.2, -0.15) is 19.7 Å². The third kappa shape index (κ3) is 2.81. The molecule has 9 nitrogen and oxygen atoms in total. The fourth-order valence-corrected chi connectivity index (χ4v) is 3.78. The molecule has 0 saturated carbocycles. The van der Waals surface area contributed by atoms with Crippen LogP contribution in [0, 0.1) is 6.92 Å². The first-order valence-corrected chi connectivity index (χ1v) is 10.0. The number of benzene rings is 1. The smallest absolute Gasteiger partial charge is 0.274 e. The maximum absolute atomic E-state index is 12.9. The quantitative estimate of drug-likeness (QED) is 0.482. The van der Waals surface area contributed by atoms with E-state index >= 15 is 0 Å². The largest absolute Gasteiger partial charge is 0.339 e. The lowest BCUT2D eigenvalue weighted by Gasteiger charge is -2.05. The molecule has 0 saturated heterocycles. The summed E-state index contributed by atoms with van der Waals surface area (Å²) in [5.41, 5.74) is 4.41. The molecule has 4 heterocycles. The van der Waals surface area contributed by atoms with Gasteiger partial charge in [0.2, 0.25) is 0 Å². The number of rotatable bonds is 5. The lowest BCUT2D eigenvalue weighted by Crippen LogP contribution is -2.14. The number of H-pyrrole nitrogens is 1. The molecule has 0 bridgehead atoms. The molecular formula is C21H21N7O2. The lowest BCUT2D eigenvalue weighted by molar-refractivity contribution is 0.425. The third-order valence-electron chi connectivity index (χ3n) is 5.17. The van der Waals surface area contributed by atoms with Gasteiger partial charge in [0, 0.05) is 18.0 Å². The van der Waals surface area contributed by atoms with E-state index in [0.29, 0.717) is 35.0 Å². The summed E-state index contributed by atoms with van der Waals surface area (Å²) >= 11 is 0. The summed E-state index contributed by atoms with van der Waals surface area (Å²) in [5, 5.41) is 13.8. The minimum absolute atomic E-state index is 0.219. The normalized spacial score (nSPS) is 11.7. The van der Waals surface area contributed by atoms with Crippen molar-refractivity contribution in [1.82, 2.24) is 34.5 Å². The second-order valence-corrected chi connectivity index (χ2v) is 7.23. The number of nitrogens with one attached hydrogen (secondary N) is 1. The zero-order chi connectivity index (χ0) is 20.8. The topological polar surface area (TPSA) is 107 Å². The van der Waals surface area contributed by atoms with Gasteiger partial charge in [-0.25, -0.2) is 0 Å². The molecule has 9 heteroatoms. The number of aromatic nitrogens is 7. The van der Waals surface area contributed by atoms with E-state index < -0.39 is 0 Å². The predicted molar refractivity (Wildman–Crippen MR) is 112 cm³/mol. The van der Waals surface area contributed by atoms with Crippen molar-refractivity contribution in [3.05, 3.63) is 52.3 Å². The summed E-state index contributed by atoms with van der Waals surface area (Å²) in [6, 6.07) is 7.59. The molecule has 0 aliphatic heterocycles. The molecule has 0 amide bonds. The maximum atomic E-state index is 12.9. The van der Waals surface area contributed by atoms with E-state index in [1.165, 1.54) is 4.52 Å². The van der Waals surface area contributed by atoms with Crippen molar-refractivity contribution < 1.29 is 4.52 Å². The van der Waals surface area contributed by atoms with E-state index in [-0.39, 0.29) is 5.56 Å². The molecular weight excluding hydrogens is 382 g/mol. The number of nitrogens with zero attached hydrogens (tertiary/aromatic N) is 6. The highest BCUT2D eigenvalue weighted by Crippen LogP contribution is 2.29. The summed E-state index contributed by atoms with van der Waals surface area (Å²) in [7, 11) is 0. The predicted octanol–water partition coefficient (Wildman–Crippen LogP) is 3.37. The highest BCUT2D eigenvalue weighted by molar-refractivity contribution is 5.84. The van der Waals surface area contributed by atoms with Crippen LogP contribution in [0.1, 0.15) is 31.8 Å². The maximum Gasteiger partial charge on any atom is 0.274 e. The molecule has 1 N–H and O–H groups in total. The van der Waals surface area contributed by atoms with Crippen LogP contribution in [0.25, 0.3) is 39.3 Å². The van der Waals surface area contributed by atoms with Gasteiger partial charge in [0.05, 0.1) is 23.1 Å². The van der Waals surface area contributed by atoms with Crippen molar-refractivity contribution >= 4 is 16.6 Å². The van der Waals surface area contributed by atoms with Gasteiger partial charge in [0.1, 0.15) is 5.56 Å². The van der Waals surface area contributed by atoms with Crippen LogP contribution in [0.15, 0.2) is 39.8 Å². The molecule has 0 unspecified atom stereocenters. The first kappa shape index (κ1) is 18.3. The summed E-state index contributed by atoms with van der Waals surface area (Å²) in [6.45, 7) is 6.68. The molecule has 0 fully saturated rings. The molecule has 0 aliphatic carbocycles. The standard InChI is InChI=1S/C21H21N7O2/c1-4-6-15-19(21-23-12(3)26-30-21)20-24-16(10-18(29)28(20)25-15)13-7-8-17-14(9-13)11-22-27(17)5-2/h7-11,24H,4-6H2,1-3H3. The summed E-state index contributed by atoms with van der Waals surface area (Å²) < 4.78 is 8.73. The summed E-state index contributed by atoms with van der Waals surface area (Å²) in [5.74, 6) is 0.891. The van der Waals surface area contributed by atoms with Crippen molar-refractivity contribution in [3.8, 4) is 22.7 Å². The van der Waals surface area contributed by atoms with Crippen molar-refractivity contribution in [2.24, 2.45) is 0 Å². The van der Waals surface area contributed by atoms with Gasteiger partial charge in [0.25, 0.3) is 11.4 Å². The van der Waals surface area contributed by atoms with Crippen LogP contribution in [-0.4, -0.2) is 34.5 Å². The van der Waals surface area contributed by atoms with Crippen LogP contribution in [0.3, 0.4) is 0 Å². The first-order valence-electron chi connectivity index (χ1n) is 10.0. The highest BCUT2D eigenvalue weighted by atomic mass is 16.5. The molecule has 5 rings (SSSR count). The molecule has 1 aromatic carbocycles. The van der Waals surface area contributed by atoms with Gasteiger partial charge in [-0.15, -0.1) is 0 Å². The second-order valence-electron chi connectivity index (χ2n) is 7.23. The highest BCUT2D eigenvalue weighted by Gasteiger charge is 2.22. The average molecular weight is 403 g/mol. The fourth-order valence-electron chi connectivity index (χ4n) is 3.78. The van der Waals surface area contributed by atoms with Gasteiger partial charge in [-0.1, -0.05) is 24.6 Å². The van der Waals surface area contributed by atoms with Crippen LogP contribution >= 0.6 is 0 Å². The second kappa shape index (κ2) is 6.94. The molecule has 5 aromatic rings. The van der Waals surface area contributed by atoms with E-state index in [2.05, 4.69) is 39.2 Å². The molecule has 0 spiro atoms. The number of fused-ring (bicyclic) bond motifs is 2. The van der Waals surface area contributed by atoms with Crippen LogP contribution in [0.5, 0.6) is 0 Å². The fraction of sp³-hybridized carbons (Fsp3) is 0.286. The van der Waals surface area contributed by atoms with Gasteiger partial charge < -0.3 is 9.51 Å². The van der Waals surface area contributed by atoms with Gasteiger partial charge in [-0.05, 0) is 38.0 Å². The molecule has 0 radical (unpaired) electrons. The zero-order valence-electron chi connectivity index (χ0n) is 17.0. The Morgan fingerprint density at radius 3 is 2.80 bits per heavy atom. The number of hydrogen-bond acceptors (Lipinski definition) is 6. The molecule has 30 heavy (non-hydrogen) atoms. The van der Waals surface area contributed by atoms with E-state index in [9.17, 15) is 4.79 Å². The van der Waals surface area contributed by atoms with Crippen LogP contribution in [0.4, 0.5) is 0 Å². The van der Waals surface area contributed by atoms with Crippen LogP contribution in [-0.2, 0) is 13.0 Å². The Morgan fingerprint density at radius 2 is 2.07 bits per heavy atom. The molecule has 0 aliphatic rings. The molecule has 4 aromatic heterocycles. The Hall–Kier alpha value is -3.75. The van der Waals surface area contributed by atoms with E-state index in [1.807, 2.05) is 29.1 Å². The number of aromatic amines is 1. The SMILES string of the molecule is CCCc1nn2c(=O)cc(-c3ccc4c(cnn4CC)c3)[nH]c2c1-c1nc(C)no1.